The molecule has 0 radical (unpaired) electrons. The highest BCUT2D eigenvalue weighted by Crippen LogP contribution is 2.08. The second-order valence-electron chi connectivity index (χ2n) is 3.31. The molecular weight excluding hydrogens is 216 g/mol. The van der Waals surface area contributed by atoms with Gasteiger partial charge in [-0.25, -0.2) is 4.98 Å². The maximum atomic E-state index is 5.72. The number of alkyl halides is 1. The normalized spacial score (nSPS) is 13.0. The molecule has 0 saturated carbocycles. The molecule has 2 nitrogen and oxygen atoms in total. The molecule has 0 spiro atoms. The van der Waals surface area contributed by atoms with Crippen LogP contribution in [-0.4, -0.2) is 17.4 Å². The minimum Gasteiger partial charge on any atom is -0.310 e. The highest BCUT2D eigenvalue weighted by Gasteiger charge is 2.04. The van der Waals surface area contributed by atoms with Crippen molar-refractivity contribution in [3.63, 3.8) is 0 Å². The molecule has 1 N–H and O–H groups in total. The van der Waals surface area contributed by atoms with Gasteiger partial charge in [0.25, 0.3) is 0 Å². The van der Waals surface area contributed by atoms with Crippen LogP contribution in [0.25, 0.3) is 0 Å². The molecule has 1 aromatic heterocycles. The van der Waals surface area contributed by atoms with E-state index in [-0.39, 0.29) is 0 Å². The molecule has 1 aromatic rings. The second kappa shape index (κ2) is 7.21. The lowest BCUT2D eigenvalue weighted by atomic mass is 10.0. The van der Waals surface area contributed by atoms with Crippen LogP contribution in [0.1, 0.15) is 24.8 Å². The van der Waals surface area contributed by atoms with E-state index in [1.54, 1.807) is 11.3 Å². The number of hydrogen-bond acceptors (Lipinski definition) is 3. The molecule has 0 aliphatic rings. The van der Waals surface area contributed by atoms with Crippen LogP contribution in [0.3, 0.4) is 0 Å². The lowest BCUT2D eigenvalue weighted by Crippen LogP contribution is -2.22. The van der Waals surface area contributed by atoms with E-state index in [1.165, 1.54) is 6.42 Å². The van der Waals surface area contributed by atoms with Crippen molar-refractivity contribution in [2.45, 2.75) is 26.3 Å². The first-order chi connectivity index (χ1) is 6.86. The van der Waals surface area contributed by atoms with Gasteiger partial charge in [0.2, 0.25) is 0 Å². The van der Waals surface area contributed by atoms with E-state index in [4.69, 9.17) is 11.6 Å². The number of nitrogens with one attached hydrogen (secondary N) is 1. The third-order valence-corrected chi connectivity index (χ3v) is 3.29. The molecule has 1 unspecified atom stereocenters. The van der Waals surface area contributed by atoms with Crippen LogP contribution in [0.2, 0.25) is 0 Å². The van der Waals surface area contributed by atoms with Crippen molar-refractivity contribution in [3.05, 3.63) is 16.6 Å². The summed E-state index contributed by atoms with van der Waals surface area (Å²) in [6, 6.07) is 0. The zero-order valence-corrected chi connectivity index (χ0v) is 10.1. The van der Waals surface area contributed by atoms with Crippen molar-refractivity contribution in [1.82, 2.24) is 10.3 Å². The SMILES string of the molecule is CCC(CCCl)CNCc1nccs1. The van der Waals surface area contributed by atoms with E-state index in [9.17, 15) is 0 Å². The van der Waals surface area contributed by atoms with Gasteiger partial charge in [0.1, 0.15) is 5.01 Å². The van der Waals surface area contributed by atoms with Gasteiger partial charge >= 0.3 is 0 Å². The van der Waals surface area contributed by atoms with Crippen LogP contribution in [0.15, 0.2) is 11.6 Å². The topological polar surface area (TPSA) is 24.9 Å². The summed E-state index contributed by atoms with van der Waals surface area (Å²) in [7, 11) is 0. The monoisotopic (exact) mass is 232 g/mol. The summed E-state index contributed by atoms with van der Waals surface area (Å²) >= 11 is 7.41. The van der Waals surface area contributed by atoms with Crippen LogP contribution >= 0.6 is 22.9 Å². The first kappa shape index (κ1) is 12.0. The van der Waals surface area contributed by atoms with E-state index in [1.807, 2.05) is 11.6 Å². The van der Waals surface area contributed by atoms with Crippen LogP contribution in [0, 0.1) is 5.92 Å². The Bertz CT molecular complexity index is 226. The van der Waals surface area contributed by atoms with E-state index >= 15 is 0 Å². The van der Waals surface area contributed by atoms with Gasteiger partial charge in [-0.15, -0.1) is 22.9 Å². The van der Waals surface area contributed by atoms with Crippen LogP contribution in [0.4, 0.5) is 0 Å². The molecule has 1 rings (SSSR count). The fourth-order valence-electron chi connectivity index (χ4n) is 1.33. The Morgan fingerprint density at radius 3 is 3.07 bits per heavy atom. The summed E-state index contributed by atoms with van der Waals surface area (Å²) in [5.74, 6) is 1.46. The lowest BCUT2D eigenvalue weighted by molar-refractivity contribution is 0.451. The number of aromatic nitrogens is 1. The molecule has 1 atom stereocenters. The smallest absolute Gasteiger partial charge is 0.106 e. The van der Waals surface area contributed by atoms with Crippen molar-refractivity contribution in [3.8, 4) is 0 Å². The Labute approximate surface area is 94.7 Å². The van der Waals surface area contributed by atoms with Gasteiger partial charge in [0.15, 0.2) is 0 Å². The van der Waals surface area contributed by atoms with Gasteiger partial charge in [-0.1, -0.05) is 13.3 Å². The Morgan fingerprint density at radius 1 is 1.64 bits per heavy atom. The molecule has 4 heteroatoms. The van der Waals surface area contributed by atoms with Gasteiger partial charge in [0.05, 0.1) is 0 Å². The highest BCUT2D eigenvalue weighted by atomic mass is 35.5. The third-order valence-electron chi connectivity index (χ3n) is 2.29. The maximum Gasteiger partial charge on any atom is 0.106 e. The van der Waals surface area contributed by atoms with Gasteiger partial charge in [0, 0.05) is 24.0 Å². The second-order valence-corrected chi connectivity index (χ2v) is 4.67. The predicted molar refractivity (Wildman–Crippen MR) is 62.9 cm³/mol. The van der Waals surface area contributed by atoms with E-state index in [2.05, 4.69) is 17.2 Å². The fourth-order valence-corrected chi connectivity index (χ4v) is 2.22. The van der Waals surface area contributed by atoms with Gasteiger partial charge < -0.3 is 5.32 Å². The van der Waals surface area contributed by atoms with Gasteiger partial charge in [-0.05, 0) is 18.9 Å². The standard InChI is InChI=1S/C10H17ClN2S/c1-2-9(3-4-11)7-12-8-10-13-5-6-14-10/h5-6,9,12H,2-4,7-8H2,1H3. The molecule has 0 fully saturated rings. The quantitative estimate of drug-likeness (QED) is 0.732. The predicted octanol–water partition coefficient (Wildman–Crippen LogP) is 2.89. The molecule has 0 aliphatic carbocycles. The minimum atomic E-state index is 0.701. The molecule has 1 heterocycles. The Kier molecular flexibility index (Phi) is 6.15. The zero-order valence-electron chi connectivity index (χ0n) is 8.50. The fraction of sp³-hybridized carbons (Fsp3) is 0.700. The number of thiazole rings is 1. The van der Waals surface area contributed by atoms with E-state index in [0.29, 0.717) is 5.92 Å². The Hall–Kier alpha value is -0.120. The van der Waals surface area contributed by atoms with Crippen LogP contribution in [-0.2, 0) is 6.54 Å². The largest absolute Gasteiger partial charge is 0.310 e. The Balaban J connectivity index is 2.13. The van der Waals surface area contributed by atoms with E-state index < -0.39 is 0 Å². The molecule has 0 amide bonds. The number of rotatable bonds is 7. The number of hydrogen-bond donors (Lipinski definition) is 1. The third kappa shape index (κ3) is 4.40. The number of nitrogens with zero attached hydrogens (tertiary/aromatic N) is 1. The van der Waals surface area contributed by atoms with Crippen molar-refractivity contribution >= 4 is 22.9 Å². The maximum absolute atomic E-state index is 5.72. The molecule has 0 saturated heterocycles. The first-order valence-electron chi connectivity index (χ1n) is 5.01. The van der Waals surface area contributed by atoms with Crippen LogP contribution in [0.5, 0.6) is 0 Å². The Morgan fingerprint density at radius 2 is 2.50 bits per heavy atom. The van der Waals surface area contributed by atoms with Gasteiger partial charge in [-0.2, -0.15) is 0 Å². The zero-order chi connectivity index (χ0) is 10.2. The summed E-state index contributed by atoms with van der Waals surface area (Å²) in [4.78, 5) is 4.21. The van der Waals surface area contributed by atoms with Crippen LogP contribution < -0.4 is 5.32 Å². The summed E-state index contributed by atoms with van der Waals surface area (Å²) in [5, 5.41) is 6.58. The van der Waals surface area contributed by atoms with E-state index in [0.717, 1.165) is 30.4 Å². The minimum absolute atomic E-state index is 0.701. The lowest BCUT2D eigenvalue weighted by Gasteiger charge is -2.13. The summed E-state index contributed by atoms with van der Waals surface area (Å²) < 4.78 is 0. The molecule has 0 aliphatic heterocycles. The summed E-state index contributed by atoms with van der Waals surface area (Å²) in [6.45, 7) is 4.14. The molecule has 14 heavy (non-hydrogen) atoms. The first-order valence-corrected chi connectivity index (χ1v) is 6.43. The van der Waals surface area contributed by atoms with Crippen molar-refractivity contribution in [2.75, 3.05) is 12.4 Å². The average molecular weight is 233 g/mol. The molecule has 80 valence electrons. The van der Waals surface area contributed by atoms with Crippen molar-refractivity contribution in [1.29, 1.82) is 0 Å². The molecule has 0 aromatic carbocycles. The summed E-state index contributed by atoms with van der Waals surface area (Å²) in [5.41, 5.74) is 0. The summed E-state index contributed by atoms with van der Waals surface area (Å²) in [6.07, 6.45) is 4.14. The molecule has 0 bridgehead atoms. The average Bonchev–Trinajstić information content (AvgIpc) is 2.69. The van der Waals surface area contributed by atoms with Gasteiger partial charge in [-0.3, -0.25) is 0 Å². The van der Waals surface area contributed by atoms with Crippen molar-refractivity contribution < 1.29 is 0 Å². The molecular formula is C10H17ClN2S. The van der Waals surface area contributed by atoms with Crippen molar-refractivity contribution in [2.24, 2.45) is 5.92 Å². The highest BCUT2D eigenvalue weighted by molar-refractivity contribution is 7.09. The number of halogens is 1.